The molecule has 0 aliphatic rings. The van der Waals surface area contributed by atoms with Crippen molar-refractivity contribution in [1.82, 2.24) is 9.97 Å². The maximum absolute atomic E-state index is 10.5. The number of nitrogens with zero attached hydrogens (tertiary/aromatic N) is 2. The standard InChI is InChI=1S/C13H10N2O/c1-10(9-16)11-2-4-12(5-3-11)13-8-14-6-7-15-13/h2-9H,1H2. The monoisotopic (exact) mass is 210 g/mol. The van der Waals surface area contributed by atoms with Crippen LogP contribution in [0.4, 0.5) is 0 Å². The Morgan fingerprint density at radius 3 is 2.50 bits per heavy atom. The van der Waals surface area contributed by atoms with Crippen LogP contribution >= 0.6 is 0 Å². The number of carbonyl (C=O) groups excluding carboxylic acids is 1. The molecule has 2 rings (SSSR count). The van der Waals surface area contributed by atoms with Gasteiger partial charge in [0.25, 0.3) is 0 Å². The molecule has 78 valence electrons. The molecule has 0 atom stereocenters. The van der Waals surface area contributed by atoms with Gasteiger partial charge in [-0.15, -0.1) is 0 Å². The Morgan fingerprint density at radius 2 is 1.94 bits per heavy atom. The summed E-state index contributed by atoms with van der Waals surface area (Å²) in [7, 11) is 0. The average Bonchev–Trinajstić information content (AvgIpc) is 2.39. The van der Waals surface area contributed by atoms with E-state index in [-0.39, 0.29) is 0 Å². The van der Waals surface area contributed by atoms with Gasteiger partial charge in [-0.1, -0.05) is 30.8 Å². The number of hydrogen-bond donors (Lipinski definition) is 0. The van der Waals surface area contributed by atoms with Gasteiger partial charge in [-0.3, -0.25) is 14.8 Å². The topological polar surface area (TPSA) is 42.9 Å². The summed E-state index contributed by atoms with van der Waals surface area (Å²) in [6.07, 6.45) is 5.72. The predicted octanol–water partition coefficient (Wildman–Crippen LogP) is 2.36. The molecular weight excluding hydrogens is 200 g/mol. The maximum Gasteiger partial charge on any atom is 0.150 e. The van der Waals surface area contributed by atoms with E-state index in [4.69, 9.17) is 0 Å². The second-order valence-corrected chi connectivity index (χ2v) is 3.31. The molecule has 0 saturated heterocycles. The molecule has 0 aliphatic heterocycles. The molecule has 0 fully saturated rings. The molecule has 1 aromatic heterocycles. The molecule has 3 heteroatoms. The molecule has 1 aromatic carbocycles. The maximum atomic E-state index is 10.5. The summed E-state index contributed by atoms with van der Waals surface area (Å²) in [6.45, 7) is 3.65. The van der Waals surface area contributed by atoms with Crippen LogP contribution in [0.3, 0.4) is 0 Å². The van der Waals surface area contributed by atoms with Crippen LogP contribution in [0.25, 0.3) is 16.8 Å². The summed E-state index contributed by atoms with van der Waals surface area (Å²) in [4.78, 5) is 18.7. The minimum absolute atomic E-state index is 0.477. The highest BCUT2D eigenvalue weighted by Gasteiger charge is 2.00. The fourth-order valence-corrected chi connectivity index (χ4v) is 1.37. The smallest absolute Gasteiger partial charge is 0.150 e. The van der Waals surface area contributed by atoms with Crippen molar-refractivity contribution in [2.45, 2.75) is 0 Å². The summed E-state index contributed by atoms with van der Waals surface area (Å²) in [6, 6.07) is 7.49. The van der Waals surface area contributed by atoms with Crippen LogP contribution in [-0.2, 0) is 4.79 Å². The molecule has 16 heavy (non-hydrogen) atoms. The number of benzene rings is 1. The number of aldehydes is 1. The van der Waals surface area contributed by atoms with Crippen LogP contribution < -0.4 is 0 Å². The molecule has 0 bridgehead atoms. The third kappa shape index (κ3) is 2.03. The highest BCUT2D eigenvalue weighted by atomic mass is 16.1. The zero-order valence-corrected chi connectivity index (χ0v) is 8.63. The fraction of sp³-hybridized carbons (Fsp3) is 0. The van der Waals surface area contributed by atoms with E-state index in [1.807, 2.05) is 24.3 Å². The van der Waals surface area contributed by atoms with E-state index in [1.165, 1.54) is 0 Å². The molecule has 3 nitrogen and oxygen atoms in total. The molecule has 0 N–H and O–H groups in total. The van der Waals surface area contributed by atoms with Gasteiger partial charge in [0.1, 0.15) is 6.29 Å². The van der Waals surface area contributed by atoms with Crippen LogP contribution in [0, 0.1) is 0 Å². The normalized spacial score (nSPS) is 9.75. The van der Waals surface area contributed by atoms with Crippen LogP contribution in [0.15, 0.2) is 49.4 Å². The fourth-order valence-electron chi connectivity index (χ4n) is 1.37. The van der Waals surface area contributed by atoms with Gasteiger partial charge in [0.15, 0.2) is 0 Å². The van der Waals surface area contributed by atoms with Gasteiger partial charge >= 0.3 is 0 Å². The minimum Gasteiger partial charge on any atom is -0.298 e. The first-order valence-corrected chi connectivity index (χ1v) is 4.82. The van der Waals surface area contributed by atoms with Crippen LogP contribution in [0.2, 0.25) is 0 Å². The van der Waals surface area contributed by atoms with E-state index < -0.39 is 0 Å². The predicted molar refractivity (Wildman–Crippen MR) is 62.6 cm³/mol. The van der Waals surface area contributed by atoms with E-state index in [0.717, 1.165) is 23.1 Å². The van der Waals surface area contributed by atoms with Crippen LogP contribution in [0.1, 0.15) is 5.56 Å². The summed E-state index contributed by atoms with van der Waals surface area (Å²) >= 11 is 0. The van der Waals surface area contributed by atoms with E-state index in [9.17, 15) is 4.79 Å². The summed E-state index contributed by atoms with van der Waals surface area (Å²) in [5.41, 5.74) is 3.08. The van der Waals surface area contributed by atoms with Crippen molar-refractivity contribution in [3.05, 3.63) is 55.0 Å². The van der Waals surface area contributed by atoms with Crippen molar-refractivity contribution >= 4 is 11.9 Å². The second kappa shape index (κ2) is 4.49. The largest absolute Gasteiger partial charge is 0.298 e. The molecule has 1 heterocycles. The highest BCUT2D eigenvalue weighted by Crippen LogP contribution is 2.18. The lowest BCUT2D eigenvalue weighted by molar-refractivity contribution is -0.103. The third-order valence-electron chi connectivity index (χ3n) is 2.26. The summed E-state index contributed by atoms with van der Waals surface area (Å²) in [5, 5.41) is 0. The Hall–Kier alpha value is -2.29. The number of rotatable bonds is 3. The first kappa shape index (κ1) is 10.2. The Labute approximate surface area is 93.5 Å². The lowest BCUT2D eigenvalue weighted by Gasteiger charge is -2.01. The van der Waals surface area contributed by atoms with Crippen molar-refractivity contribution in [2.75, 3.05) is 0 Å². The van der Waals surface area contributed by atoms with Gasteiger partial charge in [-0.2, -0.15) is 0 Å². The minimum atomic E-state index is 0.477. The van der Waals surface area contributed by atoms with Gasteiger partial charge in [0.05, 0.1) is 11.9 Å². The molecule has 0 amide bonds. The molecule has 0 saturated carbocycles. The zero-order chi connectivity index (χ0) is 11.4. The Kier molecular flexibility index (Phi) is 2.87. The number of hydrogen-bond acceptors (Lipinski definition) is 3. The second-order valence-electron chi connectivity index (χ2n) is 3.31. The molecule has 0 aliphatic carbocycles. The number of aromatic nitrogens is 2. The molecule has 2 aromatic rings. The van der Waals surface area contributed by atoms with Crippen molar-refractivity contribution in [1.29, 1.82) is 0 Å². The molecular formula is C13H10N2O. The van der Waals surface area contributed by atoms with E-state index in [0.29, 0.717) is 5.57 Å². The Bertz CT molecular complexity index is 503. The number of carbonyl (C=O) groups is 1. The van der Waals surface area contributed by atoms with Gasteiger partial charge in [-0.05, 0) is 5.56 Å². The third-order valence-corrected chi connectivity index (χ3v) is 2.26. The van der Waals surface area contributed by atoms with E-state index in [1.54, 1.807) is 18.6 Å². The summed E-state index contributed by atoms with van der Waals surface area (Å²) < 4.78 is 0. The van der Waals surface area contributed by atoms with Crippen molar-refractivity contribution in [2.24, 2.45) is 0 Å². The first-order chi connectivity index (χ1) is 7.81. The van der Waals surface area contributed by atoms with Gasteiger partial charge < -0.3 is 0 Å². The van der Waals surface area contributed by atoms with E-state index >= 15 is 0 Å². The number of allylic oxidation sites excluding steroid dienone is 1. The zero-order valence-electron chi connectivity index (χ0n) is 8.63. The van der Waals surface area contributed by atoms with Gasteiger partial charge in [0, 0.05) is 23.5 Å². The van der Waals surface area contributed by atoms with Crippen molar-refractivity contribution in [3.8, 4) is 11.3 Å². The molecule has 0 unspecified atom stereocenters. The Balaban J connectivity index is 2.33. The average molecular weight is 210 g/mol. The quantitative estimate of drug-likeness (QED) is 0.577. The molecule has 0 spiro atoms. The highest BCUT2D eigenvalue weighted by molar-refractivity contribution is 6.05. The summed E-state index contributed by atoms with van der Waals surface area (Å²) in [5.74, 6) is 0. The van der Waals surface area contributed by atoms with Crippen LogP contribution in [-0.4, -0.2) is 16.3 Å². The van der Waals surface area contributed by atoms with E-state index in [2.05, 4.69) is 16.5 Å². The first-order valence-electron chi connectivity index (χ1n) is 4.82. The Morgan fingerprint density at radius 1 is 1.19 bits per heavy atom. The van der Waals surface area contributed by atoms with Gasteiger partial charge in [0.2, 0.25) is 0 Å². The lowest BCUT2D eigenvalue weighted by atomic mass is 10.1. The van der Waals surface area contributed by atoms with Crippen molar-refractivity contribution in [3.63, 3.8) is 0 Å². The molecule has 0 radical (unpaired) electrons. The lowest BCUT2D eigenvalue weighted by Crippen LogP contribution is -1.86. The van der Waals surface area contributed by atoms with Crippen LogP contribution in [0.5, 0.6) is 0 Å². The SMILES string of the molecule is C=C(C=O)c1ccc(-c2cnccn2)cc1. The van der Waals surface area contributed by atoms with Gasteiger partial charge in [-0.25, -0.2) is 0 Å². The van der Waals surface area contributed by atoms with Crippen molar-refractivity contribution < 1.29 is 4.79 Å².